The van der Waals surface area contributed by atoms with Crippen LogP contribution in [0, 0.1) is 20.2 Å². The number of alkyl halides is 1. The topological polar surface area (TPSA) is 130 Å². The molecule has 0 bridgehead atoms. The fourth-order valence-corrected chi connectivity index (χ4v) is 1.59. The van der Waals surface area contributed by atoms with Crippen molar-refractivity contribution in [3.8, 4) is 0 Å². The average Bonchev–Trinajstić information content (AvgIpc) is 2.35. The van der Waals surface area contributed by atoms with Crippen molar-refractivity contribution in [1.29, 1.82) is 0 Å². The third-order valence-corrected chi connectivity index (χ3v) is 2.78. The largest absolute Gasteiger partial charge is 0.297 e. The quantitative estimate of drug-likeness (QED) is 0.438. The Kier molecular flexibility index (Phi) is 4.45. The van der Waals surface area contributed by atoms with E-state index in [9.17, 15) is 33.0 Å². The Labute approximate surface area is 106 Å². The van der Waals surface area contributed by atoms with E-state index in [1.54, 1.807) is 0 Å². The van der Waals surface area contributed by atoms with Crippen molar-refractivity contribution >= 4 is 21.5 Å². The Bertz CT molecular complexity index is 583. The van der Waals surface area contributed by atoms with Gasteiger partial charge in [0.1, 0.15) is 12.2 Å². The van der Waals surface area contributed by atoms with Gasteiger partial charge in [0, 0.05) is 12.1 Å². The molecule has 0 aliphatic rings. The Morgan fingerprint density at radius 1 is 1.16 bits per heavy atom. The molecule has 1 rings (SSSR count). The molecule has 0 amide bonds. The van der Waals surface area contributed by atoms with Crippen molar-refractivity contribution in [2.75, 3.05) is 6.01 Å². The first-order valence-electron chi connectivity index (χ1n) is 4.62. The van der Waals surface area contributed by atoms with Crippen LogP contribution in [0.5, 0.6) is 0 Å². The Morgan fingerprint density at radius 2 is 1.63 bits per heavy atom. The molecule has 0 saturated heterocycles. The number of rotatable bonds is 6. The van der Waals surface area contributed by atoms with Gasteiger partial charge in [-0.05, 0) is 6.07 Å². The lowest BCUT2D eigenvalue weighted by atomic mass is 10.1. The molecule has 0 unspecified atom stereocenters. The van der Waals surface area contributed by atoms with Crippen molar-refractivity contribution < 1.29 is 26.8 Å². The smallest absolute Gasteiger partial charge is 0.263 e. The van der Waals surface area contributed by atoms with Crippen molar-refractivity contribution in [2.24, 2.45) is 0 Å². The van der Waals surface area contributed by atoms with Gasteiger partial charge in [0.25, 0.3) is 21.5 Å². The van der Waals surface area contributed by atoms with Gasteiger partial charge in [-0.15, -0.1) is 0 Å². The maximum atomic E-state index is 12.0. The van der Waals surface area contributed by atoms with E-state index in [0.717, 1.165) is 18.2 Å². The summed E-state index contributed by atoms with van der Waals surface area (Å²) in [5.74, 6) is 0. The molecule has 9 nitrogen and oxygen atoms in total. The molecule has 1 aromatic rings. The molecule has 0 saturated carbocycles. The van der Waals surface area contributed by atoms with Crippen LogP contribution in [0.1, 0.15) is 5.56 Å². The maximum absolute atomic E-state index is 12.0. The van der Waals surface area contributed by atoms with Crippen molar-refractivity contribution in [2.45, 2.75) is 6.61 Å². The normalized spacial score (nSPS) is 11.2. The van der Waals surface area contributed by atoms with E-state index in [4.69, 9.17) is 0 Å². The third-order valence-electron chi connectivity index (χ3n) is 2.04. The van der Waals surface area contributed by atoms with Gasteiger partial charge >= 0.3 is 0 Å². The molecule has 104 valence electrons. The summed E-state index contributed by atoms with van der Waals surface area (Å²) >= 11 is 0. The first kappa shape index (κ1) is 14.9. The van der Waals surface area contributed by atoms with Crippen LogP contribution in [0.25, 0.3) is 0 Å². The van der Waals surface area contributed by atoms with E-state index in [2.05, 4.69) is 4.18 Å². The lowest BCUT2D eigenvalue weighted by Gasteiger charge is -2.04. The fraction of sp³-hybridized carbons (Fsp3) is 0.250. The number of hydrogen-bond acceptors (Lipinski definition) is 7. The molecule has 19 heavy (non-hydrogen) atoms. The minimum absolute atomic E-state index is 0.547. The van der Waals surface area contributed by atoms with Gasteiger partial charge in [-0.25, -0.2) is 4.39 Å². The minimum atomic E-state index is -4.51. The fourth-order valence-electron chi connectivity index (χ4n) is 1.23. The highest BCUT2D eigenvalue weighted by Crippen LogP contribution is 2.29. The SMILES string of the molecule is O=[N+]([O-])c1cccc([N+](=O)[O-])c1COS(=O)(=O)CF. The molecule has 0 aromatic heterocycles. The van der Waals surface area contributed by atoms with Crippen molar-refractivity contribution in [3.05, 3.63) is 44.0 Å². The highest BCUT2D eigenvalue weighted by molar-refractivity contribution is 7.86. The standard InChI is InChI=1S/C8H7FN2O7S/c9-5-19(16,17)18-4-6-7(10(12)13)2-1-3-8(6)11(14)15/h1-3H,4-5H2. The highest BCUT2D eigenvalue weighted by Gasteiger charge is 2.26. The van der Waals surface area contributed by atoms with Gasteiger partial charge in [-0.3, -0.25) is 24.4 Å². The molecule has 0 spiro atoms. The number of hydrogen-bond donors (Lipinski definition) is 0. The Hall–Kier alpha value is -2.14. The first-order chi connectivity index (χ1) is 8.78. The minimum Gasteiger partial charge on any atom is -0.263 e. The second kappa shape index (κ2) is 5.67. The molecule has 0 radical (unpaired) electrons. The number of halogens is 1. The summed E-state index contributed by atoms with van der Waals surface area (Å²) in [5, 5.41) is 21.4. The zero-order chi connectivity index (χ0) is 14.6. The summed E-state index contributed by atoms with van der Waals surface area (Å²) in [5.41, 5.74) is -1.90. The zero-order valence-electron chi connectivity index (χ0n) is 9.18. The predicted octanol–water partition coefficient (Wildman–Crippen LogP) is 1.28. The van der Waals surface area contributed by atoms with E-state index in [-0.39, 0.29) is 0 Å². The average molecular weight is 294 g/mol. The molecular formula is C8H7FN2O7S. The second-order valence-electron chi connectivity index (χ2n) is 3.22. The predicted molar refractivity (Wildman–Crippen MR) is 59.4 cm³/mol. The van der Waals surface area contributed by atoms with Crippen LogP contribution in [-0.2, 0) is 20.9 Å². The van der Waals surface area contributed by atoms with E-state index >= 15 is 0 Å². The third kappa shape index (κ3) is 3.66. The van der Waals surface area contributed by atoms with Gasteiger partial charge in [0.15, 0.2) is 0 Å². The molecule has 0 atom stereocenters. The first-order valence-corrected chi connectivity index (χ1v) is 6.20. The number of benzene rings is 1. The summed E-state index contributed by atoms with van der Waals surface area (Å²) in [4.78, 5) is 19.5. The number of nitro benzene ring substituents is 2. The van der Waals surface area contributed by atoms with E-state index in [1.807, 2.05) is 0 Å². The van der Waals surface area contributed by atoms with Crippen LogP contribution in [0.2, 0.25) is 0 Å². The highest BCUT2D eigenvalue weighted by atomic mass is 32.2. The molecule has 1 aromatic carbocycles. The van der Waals surface area contributed by atoms with Crippen LogP contribution >= 0.6 is 0 Å². The van der Waals surface area contributed by atoms with Gasteiger partial charge in [-0.2, -0.15) is 8.42 Å². The maximum Gasteiger partial charge on any atom is 0.297 e. The summed E-state index contributed by atoms with van der Waals surface area (Å²) in [6.45, 7) is -0.986. The van der Waals surface area contributed by atoms with Crippen molar-refractivity contribution in [1.82, 2.24) is 0 Å². The van der Waals surface area contributed by atoms with Gasteiger partial charge in [0.2, 0.25) is 6.01 Å². The van der Waals surface area contributed by atoms with Crippen LogP contribution in [-0.4, -0.2) is 24.3 Å². The zero-order valence-corrected chi connectivity index (χ0v) is 10.0. The Morgan fingerprint density at radius 3 is 2.00 bits per heavy atom. The lowest BCUT2D eigenvalue weighted by Crippen LogP contribution is -2.10. The van der Waals surface area contributed by atoms with Gasteiger partial charge in [0.05, 0.1) is 9.85 Å². The molecular weight excluding hydrogens is 287 g/mol. The van der Waals surface area contributed by atoms with Crippen LogP contribution in [0.3, 0.4) is 0 Å². The monoisotopic (exact) mass is 294 g/mol. The van der Waals surface area contributed by atoms with Crippen LogP contribution in [0.4, 0.5) is 15.8 Å². The van der Waals surface area contributed by atoms with E-state index < -0.39 is 49.5 Å². The summed E-state index contributed by atoms with van der Waals surface area (Å²) in [6, 6.07) is 1.15. The number of nitro groups is 2. The second-order valence-corrected chi connectivity index (χ2v) is 4.79. The van der Waals surface area contributed by atoms with Gasteiger partial charge < -0.3 is 0 Å². The summed E-state index contributed by atoms with van der Waals surface area (Å²) < 4.78 is 37.7. The molecule has 0 N–H and O–H groups in total. The number of nitrogens with zero attached hydrogens (tertiary/aromatic N) is 2. The molecule has 11 heteroatoms. The van der Waals surface area contributed by atoms with E-state index in [0.29, 0.717) is 0 Å². The summed E-state index contributed by atoms with van der Waals surface area (Å²) in [7, 11) is -4.51. The lowest BCUT2D eigenvalue weighted by molar-refractivity contribution is -0.396. The molecule has 0 heterocycles. The molecule has 0 aliphatic heterocycles. The van der Waals surface area contributed by atoms with Crippen LogP contribution in [0.15, 0.2) is 18.2 Å². The van der Waals surface area contributed by atoms with Crippen molar-refractivity contribution in [3.63, 3.8) is 0 Å². The molecule has 0 fully saturated rings. The van der Waals surface area contributed by atoms with E-state index in [1.165, 1.54) is 0 Å². The summed E-state index contributed by atoms with van der Waals surface area (Å²) in [6.07, 6.45) is 0. The van der Waals surface area contributed by atoms with Crippen LogP contribution < -0.4 is 0 Å². The van der Waals surface area contributed by atoms with Gasteiger partial charge in [-0.1, -0.05) is 0 Å². The Balaban J connectivity index is 3.22. The molecule has 0 aliphatic carbocycles.